The molecule has 0 amide bonds. The van der Waals surface area contributed by atoms with Gasteiger partial charge in [-0.15, -0.1) is 0 Å². The molecule has 0 unspecified atom stereocenters. The Balaban J connectivity index is 1.13. The number of nitrogens with zero attached hydrogens (tertiary/aromatic N) is 4. The Labute approximate surface area is 796 Å². The number of rotatable bonds is 17. The van der Waals surface area contributed by atoms with E-state index in [4.69, 9.17) is 0 Å². The molecular weight excluding hydrogens is 1540 g/mol. The Hall–Kier alpha value is -10.9. The summed E-state index contributed by atoms with van der Waals surface area (Å²) >= 11 is 0. The van der Waals surface area contributed by atoms with Gasteiger partial charge in [-0.25, -0.2) is 0 Å². The van der Waals surface area contributed by atoms with Crippen molar-refractivity contribution in [3.8, 4) is 55.9 Å². The topological polar surface area (TPSA) is 16.3 Å². The van der Waals surface area contributed by atoms with Gasteiger partial charge < -0.3 is 18.9 Å². The van der Waals surface area contributed by atoms with Crippen molar-refractivity contribution in [2.45, 2.75) is 244 Å². The SMILES string of the molecule is [2H]c1c([2H])c([2H])c2c(c1[2H])c1cc(C([2H])([2H])C(C)(C)C)ccc1n2-c1ccc2c(c1)N(c1cc(-c3cccc(C([2H])([2H])C(C)(C)C)c3)c(CC(C)(C)C)cc1-c1cccc(C([2H])([2H])C(C)(C)C)c1)c1cc(CC(C)(C)C)cc3c1B2c1ccc(-n2c4ccc(C([2H])([2H])C(C)(C)C)cc4c4c([2H])c([2H])c([2H])c([2H])c42)cc1N3c1cc(-c2cccc(C([2H])([2H])C(C)(C)C)c2)c(CC(C)(C)C)cc1-c1cccc(C([2H])([2H])C(C)(C)C)c1. The summed E-state index contributed by atoms with van der Waals surface area (Å²) in [5, 5.41) is 1.17. The average Bonchev–Trinajstić information content (AvgIpc) is 0.837. The molecule has 4 heterocycles. The Morgan fingerprint density at radius 1 is 0.250 bits per heavy atom. The second kappa shape index (κ2) is 32.6. The first-order valence-electron chi connectivity index (χ1n) is 55.9. The van der Waals surface area contributed by atoms with E-state index in [0.717, 1.165) is 55.3 Å². The highest BCUT2D eigenvalue weighted by molar-refractivity contribution is 7.00. The van der Waals surface area contributed by atoms with Gasteiger partial charge in [-0.1, -0.05) is 345 Å². The van der Waals surface area contributed by atoms with Gasteiger partial charge in [0.25, 0.3) is 6.71 Å². The second-order valence-corrected chi connectivity index (χ2v) is 46.1. The molecule has 15 aromatic rings. The van der Waals surface area contributed by atoms with E-state index in [0.29, 0.717) is 142 Å². The molecule has 2 aliphatic rings. The van der Waals surface area contributed by atoms with Gasteiger partial charge in [0, 0.05) is 83.2 Å². The van der Waals surface area contributed by atoms with Crippen LogP contribution in [0.1, 0.15) is 264 Å². The summed E-state index contributed by atoms with van der Waals surface area (Å²) in [6, 6.07) is 64.5. The van der Waals surface area contributed by atoms with E-state index in [1.807, 2.05) is 255 Å². The molecule has 5 heteroatoms. The maximum atomic E-state index is 10.3. The monoisotopic (exact) mass is 1710 g/mol. The average molecular weight is 1710 g/mol. The molecule has 0 bridgehead atoms. The number of hydrogen-bond donors (Lipinski definition) is 0. The Bertz CT molecular complexity index is 7490. The van der Waals surface area contributed by atoms with Crippen LogP contribution in [0.4, 0.5) is 34.1 Å². The molecule has 17 rings (SSSR count). The van der Waals surface area contributed by atoms with Crippen molar-refractivity contribution in [2.24, 2.45) is 48.7 Å². The van der Waals surface area contributed by atoms with Gasteiger partial charge in [-0.3, -0.25) is 0 Å². The van der Waals surface area contributed by atoms with Crippen molar-refractivity contribution in [2.75, 3.05) is 9.80 Å². The number of fused-ring (bicyclic) bond motifs is 10. The van der Waals surface area contributed by atoms with Crippen LogP contribution in [0.15, 0.2) is 255 Å². The minimum Gasteiger partial charge on any atom is -0.311 e. The molecule has 0 N–H and O–H groups in total. The zero-order chi connectivity index (χ0) is 109. The standard InChI is InChI=1S/C123H141BN4/c1-115(2,3)70-79-36-32-40-86(56-79)96-68-108(98(64-90(96)77-122(22,23)24)88-42-34-38-81(58-88)72-117(7,8)9)127-110-66-92(125-104-46-30-28-44-94(104)100-60-83(48-54-106(100)125)74-119(13,14)15)50-52-102(110)124-103-53-51-93(126-105-47-31-29-45-95(105)101-61-84(49-55-107(101)126)75-120(16,17)18)67-111(103)128(113-63-85(76-121(19,20)21)62-112(127)114(113)124)109-69-97(87-41-33-37-80(57-87)71-116(4,5)6)91(78-123(25,26)27)65-99(109)89-43-35-39-82(59-89)73-118(10,11)12/h28-69H,70-78H2,1-27H3/i28D,29D,30D,31D,44D,45D,46D,47D,70D2,71D2,72D2,73D2,74D2,75D2. The lowest BCUT2D eigenvalue weighted by Crippen LogP contribution is -2.61. The van der Waals surface area contributed by atoms with Crippen molar-refractivity contribution in [3.05, 3.63) is 305 Å². The lowest BCUT2D eigenvalue weighted by Gasteiger charge is -2.46. The highest BCUT2D eigenvalue weighted by Crippen LogP contribution is 2.54. The Morgan fingerprint density at radius 2 is 0.562 bits per heavy atom. The molecular formula is C123H141BN4. The summed E-state index contributed by atoms with van der Waals surface area (Å²) in [5.41, 5.74) is 12.4. The number of aromatic nitrogens is 2. The van der Waals surface area contributed by atoms with E-state index in [-0.39, 0.29) is 46.0 Å². The Kier molecular flexibility index (Phi) is 17.2. The van der Waals surface area contributed by atoms with E-state index < -0.39 is 118 Å². The minimum absolute atomic E-state index is 0.148. The molecule has 0 radical (unpaired) electrons. The molecule has 2 aliphatic heterocycles. The molecule has 0 atom stereocenters. The third kappa shape index (κ3) is 19.1. The normalized spacial score (nSPS) is 16.6. The number of hydrogen-bond acceptors (Lipinski definition) is 2. The fourth-order valence-corrected chi connectivity index (χ4v) is 19.4. The van der Waals surface area contributed by atoms with Gasteiger partial charge in [-0.2, -0.15) is 0 Å². The molecule has 128 heavy (non-hydrogen) atoms. The first-order valence-corrected chi connectivity index (χ1v) is 45.9. The van der Waals surface area contributed by atoms with Gasteiger partial charge >= 0.3 is 0 Å². The number of para-hydroxylation sites is 2. The molecule has 13 aromatic carbocycles. The molecule has 656 valence electrons. The highest BCUT2D eigenvalue weighted by atomic mass is 15.2. The highest BCUT2D eigenvalue weighted by Gasteiger charge is 2.46. The van der Waals surface area contributed by atoms with Gasteiger partial charge in [0.2, 0.25) is 0 Å². The van der Waals surface area contributed by atoms with Crippen molar-refractivity contribution in [1.82, 2.24) is 9.13 Å². The largest absolute Gasteiger partial charge is 0.311 e. The summed E-state index contributed by atoms with van der Waals surface area (Å²) in [7, 11) is 0. The van der Waals surface area contributed by atoms with Crippen molar-refractivity contribution in [1.29, 1.82) is 0 Å². The summed E-state index contributed by atoms with van der Waals surface area (Å²) in [4.78, 5) is 4.65. The van der Waals surface area contributed by atoms with Crippen LogP contribution >= 0.6 is 0 Å². The van der Waals surface area contributed by atoms with E-state index in [2.05, 4.69) is 133 Å². The third-order valence-electron chi connectivity index (χ3n) is 23.3. The quantitative estimate of drug-likeness (QED) is 0.0845. The van der Waals surface area contributed by atoms with E-state index in [1.165, 1.54) is 0 Å². The first-order chi connectivity index (χ1) is 67.9. The molecule has 0 saturated carbocycles. The number of benzene rings is 13. The van der Waals surface area contributed by atoms with Gasteiger partial charge in [0.05, 0.1) is 44.4 Å². The van der Waals surface area contributed by atoms with Crippen LogP contribution in [0.5, 0.6) is 0 Å². The van der Waals surface area contributed by atoms with E-state index >= 15 is 0 Å². The first kappa shape index (κ1) is 67.4. The Morgan fingerprint density at radius 3 is 0.883 bits per heavy atom. The zero-order valence-corrected chi connectivity index (χ0v) is 80.6. The van der Waals surface area contributed by atoms with E-state index in [9.17, 15) is 27.4 Å². The van der Waals surface area contributed by atoms with Gasteiger partial charge in [0.15, 0.2) is 0 Å². The summed E-state index contributed by atoms with van der Waals surface area (Å²) in [6.07, 6.45) is -10.0. The maximum Gasteiger partial charge on any atom is 0.252 e. The van der Waals surface area contributed by atoms with Crippen LogP contribution in [0, 0.1) is 48.7 Å². The lowest BCUT2D eigenvalue weighted by atomic mass is 9.33. The zero-order valence-electron chi connectivity index (χ0n) is 101. The lowest BCUT2D eigenvalue weighted by molar-refractivity contribution is 0.410. The van der Waals surface area contributed by atoms with Crippen LogP contribution in [-0.4, -0.2) is 15.8 Å². The molecule has 0 spiro atoms. The molecule has 0 fully saturated rings. The van der Waals surface area contributed by atoms with Crippen molar-refractivity contribution in [3.63, 3.8) is 0 Å². The van der Waals surface area contributed by atoms with Gasteiger partial charge in [-0.05, 0) is 303 Å². The van der Waals surface area contributed by atoms with Crippen LogP contribution < -0.4 is 26.2 Å². The molecule has 2 aromatic heterocycles. The van der Waals surface area contributed by atoms with Crippen LogP contribution in [0.3, 0.4) is 0 Å². The van der Waals surface area contributed by atoms with Crippen LogP contribution in [-0.2, 0) is 57.5 Å². The fourth-order valence-electron chi connectivity index (χ4n) is 19.4. The van der Waals surface area contributed by atoms with Crippen molar-refractivity contribution < 1.29 is 27.4 Å². The smallest absolute Gasteiger partial charge is 0.252 e. The second-order valence-electron chi connectivity index (χ2n) is 46.1. The number of anilines is 6. The van der Waals surface area contributed by atoms with Crippen LogP contribution in [0.25, 0.3) is 99.5 Å². The van der Waals surface area contributed by atoms with Crippen molar-refractivity contribution >= 4 is 101 Å². The molecule has 4 nitrogen and oxygen atoms in total. The summed E-state index contributed by atoms with van der Waals surface area (Å²) in [5.74, 6) is 0. The molecule has 0 saturated heterocycles. The van der Waals surface area contributed by atoms with Crippen LogP contribution in [0.2, 0.25) is 0 Å². The predicted octanol–water partition coefficient (Wildman–Crippen LogP) is 32.9. The van der Waals surface area contributed by atoms with E-state index in [1.54, 1.807) is 24.3 Å². The van der Waals surface area contributed by atoms with Gasteiger partial charge in [0.1, 0.15) is 0 Å². The third-order valence-corrected chi connectivity index (χ3v) is 23.3. The maximum absolute atomic E-state index is 10.3. The molecule has 0 aliphatic carbocycles. The fraction of sp³-hybridized carbons (Fsp3) is 0.366. The summed E-state index contributed by atoms with van der Waals surface area (Å²) < 4.78 is 202. The minimum atomic E-state index is -1.96. The summed E-state index contributed by atoms with van der Waals surface area (Å²) in [6.45, 7) is 52.8. The predicted molar refractivity (Wildman–Crippen MR) is 559 cm³/mol.